The summed E-state index contributed by atoms with van der Waals surface area (Å²) in [6.45, 7) is 2.48. The first-order chi connectivity index (χ1) is 6.36. The van der Waals surface area contributed by atoms with E-state index in [1.54, 1.807) is 18.2 Å². The molecule has 0 fully saturated rings. The Balaban J connectivity index is 2.61. The van der Waals surface area contributed by atoms with Gasteiger partial charge in [-0.2, -0.15) is 0 Å². The zero-order chi connectivity index (χ0) is 9.52. The van der Waals surface area contributed by atoms with Gasteiger partial charge in [0, 0.05) is 5.56 Å². The highest BCUT2D eigenvalue weighted by Crippen LogP contribution is 2.11. The second kappa shape index (κ2) is 5.14. The van der Waals surface area contributed by atoms with Gasteiger partial charge in [-0.25, -0.2) is 0 Å². The number of rotatable bonds is 4. The molecule has 13 heavy (non-hydrogen) atoms. The summed E-state index contributed by atoms with van der Waals surface area (Å²) in [4.78, 5) is 10.4. The third-order valence-electron chi connectivity index (χ3n) is 1.58. The maximum Gasteiger partial charge on any atom is 0.150 e. The lowest BCUT2D eigenvalue weighted by molar-refractivity contribution is 0.112. The van der Waals surface area contributed by atoms with Crippen LogP contribution in [0.1, 0.15) is 17.3 Å². The number of carbonyl (C=O) groups excluding carboxylic acids is 1. The highest BCUT2D eigenvalue weighted by molar-refractivity contribution is 5.75. The van der Waals surface area contributed by atoms with Crippen LogP contribution in [0.3, 0.4) is 0 Å². The van der Waals surface area contributed by atoms with Crippen molar-refractivity contribution in [3.05, 3.63) is 42.0 Å². The summed E-state index contributed by atoms with van der Waals surface area (Å²) < 4.78 is 5.34. The average molecular weight is 176 g/mol. The van der Waals surface area contributed by atoms with Crippen molar-refractivity contribution < 1.29 is 9.53 Å². The van der Waals surface area contributed by atoms with Crippen molar-refractivity contribution in [2.45, 2.75) is 6.92 Å². The third kappa shape index (κ3) is 3.11. The van der Waals surface area contributed by atoms with Crippen LogP contribution < -0.4 is 4.74 Å². The van der Waals surface area contributed by atoms with Crippen molar-refractivity contribution in [2.75, 3.05) is 6.61 Å². The Bertz CT molecular complexity index is 303. The van der Waals surface area contributed by atoms with Crippen LogP contribution in [-0.2, 0) is 0 Å². The van der Waals surface area contributed by atoms with Crippen LogP contribution in [0.15, 0.2) is 36.4 Å². The van der Waals surface area contributed by atoms with Gasteiger partial charge in [0.1, 0.15) is 18.6 Å². The van der Waals surface area contributed by atoms with E-state index in [1.807, 2.05) is 25.1 Å². The molecule has 0 saturated carbocycles. The Hall–Kier alpha value is -1.57. The topological polar surface area (TPSA) is 26.3 Å². The van der Waals surface area contributed by atoms with Crippen LogP contribution in [0.4, 0.5) is 0 Å². The summed E-state index contributed by atoms with van der Waals surface area (Å²) in [6, 6.07) is 7.09. The van der Waals surface area contributed by atoms with Gasteiger partial charge in [0.15, 0.2) is 0 Å². The average Bonchev–Trinajstić information content (AvgIpc) is 2.19. The maximum atomic E-state index is 10.4. The van der Waals surface area contributed by atoms with E-state index in [9.17, 15) is 4.79 Å². The Morgan fingerprint density at radius 2 is 2.31 bits per heavy atom. The first-order valence-electron chi connectivity index (χ1n) is 4.16. The molecular formula is C11H12O2. The number of hydrogen-bond acceptors (Lipinski definition) is 2. The largest absolute Gasteiger partial charge is 0.490 e. The lowest BCUT2D eigenvalue weighted by Gasteiger charge is -2.02. The first-order valence-corrected chi connectivity index (χ1v) is 4.16. The van der Waals surface area contributed by atoms with E-state index in [2.05, 4.69) is 0 Å². The number of ether oxygens (including phenoxy) is 1. The van der Waals surface area contributed by atoms with E-state index in [0.717, 1.165) is 12.0 Å². The molecule has 0 atom stereocenters. The van der Waals surface area contributed by atoms with Crippen molar-refractivity contribution >= 4 is 6.29 Å². The SMILES string of the molecule is C/C=C/COc1cccc(C=O)c1. The second-order valence-electron chi connectivity index (χ2n) is 2.57. The van der Waals surface area contributed by atoms with Crippen LogP contribution in [0.2, 0.25) is 0 Å². The minimum atomic E-state index is 0.540. The zero-order valence-corrected chi connectivity index (χ0v) is 7.57. The Morgan fingerprint density at radius 3 is 3.00 bits per heavy atom. The fourth-order valence-corrected chi connectivity index (χ4v) is 0.918. The van der Waals surface area contributed by atoms with Crippen LogP contribution >= 0.6 is 0 Å². The standard InChI is InChI=1S/C11H12O2/c1-2-3-7-13-11-6-4-5-10(8-11)9-12/h2-6,8-9H,7H2,1H3/b3-2+. The maximum absolute atomic E-state index is 10.4. The molecule has 0 heterocycles. The molecule has 0 spiro atoms. The highest BCUT2D eigenvalue weighted by atomic mass is 16.5. The van der Waals surface area contributed by atoms with Crippen molar-refractivity contribution in [3.8, 4) is 5.75 Å². The number of hydrogen-bond donors (Lipinski definition) is 0. The number of allylic oxidation sites excluding steroid dienone is 1. The normalized spacial score (nSPS) is 10.2. The molecule has 2 heteroatoms. The van der Waals surface area contributed by atoms with E-state index < -0.39 is 0 Å². The highest BCUT2D eigenvalue weighted by Gasteiger charge is 1.93. The van der Waals surface area contributed by atoms with Gasteiger partial charge in [0.2, 0.25) is 0 Å². The number of aldehydes is 1. The number of benzene rings is 1. The van der Waals surface area contributed by atoms with E-state index >= 15 is 0 Å². The van der Waals surface area contributed by atoms with Gasteiger partial charge in [-0.1, -0.05) is 24.3 Å². The summed E-state index contributed by atoms with van der Waals surface area (Å²) in [5.41, 5.74) is 0.637. The number of carbonyl (C=O) groups is 1. The summed E-state index contributed by atoms with van der Waals surface area (Å²) in [5, 5.41) is 0. The molecule has 0 unspecified atom stereocenters. The molecule has 68 valence electrons. The van der Waals surface area contributed by atoms with E-state index in [4.69, 9.17) is 4.74 Å². The first kappa shape index (κ1) is 9.52. The summed E-state index contributed by atoms with van der Waals surface area (Å²) >= 11 is 0. The summed E-state index contributed by atoms with van der Waals surface area (Å²) in [6.07, 6.45) is 4.64. The minimum Gasteiger partial charge on any atom is -0.490 e. The fourth-order valence-electron chi connectivity index (χ4n) is 0.918. The van der Waals surface area contributed by atoms with Crippen molar-refractivity contribution in [1.82, 2.24) is 0 Å². The fraction of sp³-hybridized carbons (Fsp3) is 0.182. The lowest BCUT2D eigenvalue weighted by atomic mass is 10.2. The van der Waals surface area contributed by atoms with Gasteiger partial charge in [0.05, 0.1) is 0 Å². The predicted octanol–water partition coefficient (Wildman–Crippen LogP) is 2.45. The Labute approximate surface area is 77.8 Å². The molecule has 1 aromatic rings. The van der Waals surface area contributed by atoms with Gasteiger partial charge in [-0.15, -0.1) is 0 Å². The molecule has 0 N–H and O–H groups in total. The lowest BCUT2D eigenvalue weighted by Crippen LogP contribution is -1.93. The van der Waals surface area contributed by atoms with Gasteiger partial charge in [0.25, 0.3) is 0 Å². The van der Waals surface area contributed by atoms with Crippen molar-refractivity contribution in [3.63, 3.8) is 0 Å². The van der Waals surface area contributed by atoms with Crippen molar-refractivity contribution in [1.29, 1.82) is 0 Å². The Kier molecular flexibility index (Phi) is 3.76. The van der Waals surface area contributed by atoms with Gasteiger partial charge in [-0.05, 0) is 19.1 Å². The van der Waals surface area contributed by atoms with Crippen molar-refractivity contribution in [2.24, 2.45) is 0 Å². The van der Waals surface area contributed by atoms with Crippen LogP contribution in [-0.4, -0.2) is 12.9 Å². The van der Waals surface area contributed by atoms with Crippen LogP contribution in [0.25, 0.3) is 0 Å². The van der Waals surface area contributed by atoms with E-state index in [0.29, 0.717) is 12.2 Å². The minimum absolute atomic E-state index is 0.540. The third-order valence-corrected chi connectivity index (χ3v) is 1.58. The smallest absolute Gasteiger partial charge is 0.150 e. The molecule has 2 nitrogen and oxygen atoms in total. The molecule has 0 bridgehead atoms. The molecule has 0 radical (unpaired) electrons. The van der Waals surface area contributed by atoms with Gasteiger partial charge in [-0.3, -0.25) is 4.79 Å². The molecule has 1 aromatic carbocycles. The molecule has 1 rings (SSSR count). The molecule has 0 amide bonds. The molecule has 0 saturated heterocycles. The predicted molar refractivity (Wildman–Crippen MR) is 52.1 cm³/mol. The van der Waals surface area contributed by atoms with Gasteiger partial charge < -0.3 is 4.74 Å². The molecule has 0 aromatic heterocycles. The second-order valence-corrected chi connectivity index (χ2v) is 2.57. The molecule has 0 aliphatic rings. The Morgan fingerprint density at radius 1 is 1.46 bits per heavy atom. The zero-order valence-electron chi connectivity index (χ0n) is 7.57. The molecular weight excluding hydrogens is 164 g/mol. The summed E-state index contributed by atoms with van der Waals surface area (Å²) in [5.74, 6) is 0.725. The van der Waals surface area contributed by atoms with E-state index in [-0.39, 0.29) is 0 Å². The summed E-state index contributed by atoms with van der Waals surface area (Å²) in [7, 11) is 0. The van der Waals surface area contributed by atoms with Crippen LogP contribution in [0, 0.1) is 0 Å². The molecule has 0 aliphatic heterocycles. The van der Waals surface area contributed by atoms with E-state index in [1.165, 1.54) is 0 Å². The monoisotopic (exact) mass is 176 g/mol. The van der Waals surface area contributed by atoms with Crippen LogP contribution in [0.5, 0.6) is 5.75 Å². The van der Waals surface area contributed by atoms with Gasteiger partial charge >= 0.3 is 0 Å². The quantitative estimate of drug-likeness (QED) is 0.520. The molecule has 0 aliphatic carbocycles.